The molecule has 1 aliphatic heterocycles. The number of aliphatic carboxylic acids is 1. The summed E-state index contributed by atoms with van der Waals surface area (Å²) in [7, 11) is 1.57. The van der Waals surface area contributed by atoms with Crippen LogP contribution in [0, 0.1) is 12.8 Å². The van der Waals surface area contributed by atoms with Crippen molar-refractivity contribution in [1.82, 2.24) is 5.32 Å². The Labute approximate surface area is 169 Å². The van der Waals surface area contributed by atoms with E-state index < -0.39 is 24.5 Å². The zero-order chi connectivity index (χ0) is 21.0. The molecular formula is C22H24N2O5. The fourth-order valence-corrected chi connectivity index (χ4v) is 3.65. The van der Waals surface area contributed by atoms with Crippen molar-refractivity contribution in [2.45, 2.75) is 25.8 Å². The zero-order valence-electron chi connectivity index (χ0n) is 16.4. The minimum atomic E-state index is -1.11. The number of carbonyl (C=O) groups is 3. The highest BCUT2D eigenvalue weighted by atomic mass is 16.5. The van der Waals surface area contributed by atoms with Crippen LogP contribution in [0.5, 0.6) is 5.75 Å². The summed E-state index contributed by atoms with van der Waals surface area (Å²) in [5, 5.41) is 11.4. The third kappa shape index (κ3) is 4.56. The van der Waals surface area contributed by atoms with Crippen LogP contribution in [-0.2, 0) is 14.4 Å². The fourth-order valence-electron chi connectivity index (χ4n) is 3.65. The predicted molar refractivity (Wildman–Crippen MR) is 108 cm³/mol. The summed E-state index contributed by atoms with van der Waals surface area (Å²) in [6.45, 7) is 1.51. The van der Waals surface area contributed by atoms with Gasteiger partial charge in [-0.15, -0.1) is 0 Å². The molecule has 0 aromatic heterocycles. The molecule has 2 N–H and O–H groups in total. The van der Waals surface area contributed by atoms with Crippen molar-refractivity contribution in [3.05, 3.63) is 59.7 Å². The van der Waals surface area contributed by atoms with Crippen LogP contribution < -0.4 is 15.0 Å². The Balaban J connectivity index is 2.02. The lowest BCUT2D eigenvalue weighted by Gasteiger charge is -2.41. The zero-order valence-corrected chi connectivity index (χ0v) is 16.4. The van der Waals surface area contributed by atoms with Gasteiger partial charge in [0.1, 0.15) is 12.3 Å². The molecule has 0 aliphatic carbocycles. The van der Waals surface area contributed by atoms with Gasteiger partial charge >= 0.3 is 5.97 Å². The molecule has 0 spiro atoms. The second kappa shape index (κ2) is 8.77. The van der Waals surface area contributed by atoms with Gasteiger partial charge in [0.05, 0.1) is 19.1 Å². The number of methoxy groups -OCH3 is 1. The van der Waals surface area contributed by atoms with Crippen molar-refractivity contribution < 1.29 is 24.2 Å². The average molecular weight is 396 g/mol. The summed E-state index contributed by atoms with van der Waals surface area (Å²) in [4.78, 5) is 38.2. The molecule has 7 nitrogen and oxygen atoms in total. The van der Waals surface area contributed by atoms with Crippen LogP contribution in [0.1, 0.15) is 30.0 Å². The van der Waals surface area contributed by atoms with Crippen molar-refractivity contribution >= 4 is 23.5 Å². The van der Waals surface area contributed by atoms with Crippen molar-refractivity contribution in [1.29, 1.82) is 0 Å². The number of hydrogen-bond acceptors (Lipinski definition) is 4. The Kier molecular flexibility index (Phi) is 6.16. The lowest BCUT2D eigenvalue weighted by Crippen LogP contribution is -2.49. The van der Waals surface area contributed by atoms with E-state index in [1.165, 1.54) is 0 Å². The number of amides is 2. The summed E-state index contributed by atoms with van der Waals surface area (Å²) < 4.78 is 5.22. The van der Waals surface area contributed by atoms with Crippen molar-refractivity contribution in [3.63, 3.8) is 0 Å². The normalized spacial score (nSPS) is 19.0. The molecule has 1 heterocycles. The maximum atomic E-state index is 12.9. The number of carboxylic acids is 1. The largest absolute Gasteiger partial charge is 0.497 e. The number of aryl methyl sites for hydroxylation is 1. The number of piperidine rings is 1. The molecule has 152 valence electrons. The van der Waals surface area contributed by atoms with E-state index >= 15 is 0 Å². The van der Waals surface area contributed by atoms with Crippen LogP contribution in [0.25, 0.3) is 0 Å². The number of rotatable bonds is 6. The smallest absolute Gasteiger partial charge is 0.322 e. The van der Waals surface area contributed by atoms with E-state index in [4.69, 9.17) is 9.84 Å². The number of carbonyl (C=O) groups excluding carboxylic acids is 2. The van der Waals surface area contributed by atoms with Gasteiger partial charge in [-0.05, 0) is 43.2 Å². The number of carboxylic acid groups (broad SMARTS) is 1. The predicted octanol–water partition coefficient (Wildman–Crippen LogP) is 2.69. The van der Waals surface area contributed by atoms with Gasteiger partial charge in [0, 0.05) is 12.1 Å². The maximum absolute atomic E-state index is 12.9. The Morgan fingerprint density at radius 1 is 1.14 bits per heavy atom. The van der Waals surface area contributed by atoms with Gasteiger partial charge in [-0.25, -0.2) is 0 Å². The number of anilines is 1. The molecule has 3 rings (SSSR count). The van der Waals surface area contributed by atoms with E-state index in [1.54, 1.807) is 24.1 Å². The van der Waals surface area contributed by atoms with E-state index in [1.807, 2.05) is 43.3 Å². The van der Waals surface area contributed by atoms with E-state index in [-0.39, 0.29) is 18.2 Å². The first-order valence-corrected chi connectivity index (χ1v) is 9.43. The monoisotopic (exact) mass is 396 g/mol. The molecule has 2 unspecified atom stereocenters. The van der Waals surface area contributed by atoms with Crippen LogP contribution in [0.4, 0.5) is 5.69 Å². The van der Waals surface area contributed by atoms with Gasteiger partial charge in [-0.1, -0.05) is 29.8 Å². The second-order valence-electron chi connectivity index (χ2n) is 7.07. The summed E-state index contributed by atoms with van der Waals surface area (Å²) in [6, 6.07) is 14.3. The lowest BCUT2D eigenvalue weighted by molar-refractivity contribution is -0.139. The SMILES string of the molecule is COc1ccc(C2C(C(=O)NCC(=O)O)CCC(=O)N2c2ccc(C)cc2)cc1. The fraction of sp³-hybridized carbons (Fsp3) is 0.318. The molecule has 0 saturated carbocycles. The minimum Gasteiger partial charge on any atom is -0.497 e. The third-order valence-electron chi connectivity index (χ3n) is 5.12. The van der Waals surface area contributed by atoms with Crippen LogP contribution in [-0.4, -0.2) is 36.5 Å². The molecule has 29 heavy (non-hydrogen) atoms. The lowest BCUT2D eigenvalue weighted by atomic mass is 9.83. The van der Waals surface area contributed by atoms with Gasteiger partial charge in [0.15, 0.2) is 0 Å². The minimum absolute atomic E-state index is 0.0723. The standard InChI is InChI=1S/C22H24N2O5/c1-14-3-7-16(8-4-14)24-19(25)12-11-18(22(28)23-13-20(26)27)21(24)15-5-9-17(29-2)10-6-15/h3-10,18,21H,11-13H2,1-2H3,(H,23,28)(H,26,27). The van der Waals surface area contributed by atoms with Crippen LogP contribution in [0.15, 0.2) is 48.5 Å². The van der Waals surface area contributed by atoms with Crippen molar-refractivity contribution in [2.24, 2.45) is 5.92 Å². The van der Waals surface area contributed by atoms with E-state index in [0.29, 0.717) is 17.9 Å². The third-order valence-corrected chi connectivity index (χ3v) is 5.12. The van der Waals surface area contributed by atoms with Gasteiger partial charge in [0.25, 0.3) is 0 Å². The first-order valence-electron chi connectivity index (χ1n) is 9.43. The second-order valence-corrected chi connectivity index (χ2v) is 7.07. The Bertz CT molecular complexity index is 892. The number of benzene rings is 2. The molecule has 2 atom stereocenters. The highest BCUT2D eigenvalue weighted by Crippen LogP contribution is 2.40. The molecule has 1 saturated heterocycles. The highest BCUT2D eigenvalue weighted by molar-refractivity contribution is 5.97. The maximum Gasteiger partial charge on any atom is 0.322 e. The molecule has 2 aromatic carbocycles. The topological polar surface area (TPSA) is 95.9 Å². The van der Waals surface area contributed by atoms with Crippen molar-refractivity contribution in [2.75, 3.05) is 18.6 Å². The summed E-state index contributed by atoms with van der Waals surface area (Å²) in [6.07, 6.45) is 0.565. The Morgan fingerprint density at radius 3 is 2.38 bits per heavy atom. The molecule has 7 heteroatoms. The molecule has 2 amide bonds. The first-order chi connectivity index (χ1) is 13.9. The van der Waals surface area contributed by atoms with Gasteiger partial charge in [0.2, 0.25) is 11.8 Å². The summed E-state index contributed by atoms with van der Waals surface area (Å²) >= 11 is 0. The molecule has 2 aromatic rings. The van der Waals surface area contributed by atoms with Crippen molar-refractivity contribution in [3.8, 4) is 5.75 Å². The Morgan fingerprint density at radius 2 is 1.79 bits per heavy atom. The Hall–Kier alpha value is -3.35. The number of hydrogen-bond donors (Lipinski definition) is 2. The van der Waals surface area contributed by atoms with Gasteiger partial charge in [-0.2, -0.15) is 0 Å². The quantitative estimate of drug-likeness (QED) is 0.783. The summed E-state index contributed by atoms with van der Waals surface area (Å²) in [5.41, 5.74) is 2.56. The van der Waals surface area contributed by atoms with E-state index in [0.717, 1.165) is 11.1 Å². The molecule has 0 radical (unpaired) electrons. The molecular weight excluding hydrogens is 372 g/mol. The number of nitrogens with one attached hydrogen (secondary N) is 1. The van der Waals surface area contributed by atoms with E-state index in [2.05, 4.69) is 5.32 Å². The van der Waals surface area contributed by atoms with Crippen LogP contribution >= 0.6 is 0 Å². The molecule has 1 aliphatic rings. The molecule has 0 bridgehead atoms. The molecule has 1 fully saturated rings. The van der Waals surface area contributed by atoms with Crippen LogP contribution in [0.3, 0.4) is 0 Å². The van der Waals surface area contributed by atoms with E-state index in [9.17, 15) is 14.4 Å². The van der Waals surface area contributed by atoms with Crippen LogP contribution in [0.2, 0.25) is 0 Å². The first kappa shape index (κ1) is 20.4. The summed E-state index contributed by atoms with van der Waals surface area (Å²) in [5.74, 6) is -1.46. The average Bonchev–Trinajstić information content (AvgIpc) is 2.72. The highest BCUT2D eigenvalue weighted by Gasteiger charge is 2.41. The van der Waals surface area contributed by atoms with Gasteiger partial charge < -0.3 is 20.1 Å². The number of nitrogens with zero attached hydrogens (tertiary/aromatic N) is 1. The number of ether oxygens (including phenoxy) is 1. The van der Waals surface area contributed by atoms with Gasteiger partial charge in [-0.3, -0.25) is 14.4 Å².